The van der Waals surface area contributed by atoms with Gasteiger partial charge in [-0.25, -0.2) is 0 Å². The zero-order valence-electron chi connectivity index (χ0n) is 7.26. The molecule has 12 heavy (non-hydrogen) atoms. The second-order valence-electron chi connectivity index (χ2n) is 2.66. The molecule has 1 atom stereocenters. The topological polar surface area (TPSA) is 26.3 Å². The van der Waals surface area contributed by atoms with Gasteiger partial charge in [0.25, 0.3) is 0 Å². The SMILES string of the molecule is CCCCCCCOP(=O)(Cl)I. The van der Waals surface area contributed by atoms with Crippen LogP contribution in [-0.2, 0) is 9.09 Å². The number of hydrogen-bond acceptors (Lipinski definition) is 2. The Labute approximate surface area is 92.1 Å². The van der Waals surface area contributed by atoms with E-state index >= 15 is 0 Å². The third kappa shape index (κ3) is 11.2. The van der Waals surface area contributed by atoms with Crippen LogP contribution in [0.15, 0.2) is 0 Å². The smallest absolute Gasteiger partial charge is 0.310 e. The maximum absolute atomic E-state index is 10.8. The highest BCUT2D eigenvalue weighted by Gasteiger charge is 2.11. The lowest BCUT2D eigenvalue weighted by Gasteiger charge is -2.03. The van der Waals surface area contributed by atoms with Gasteiger partial charge in [-0.15, -0.1) is 0 Å². The summed E-state index contributed by atoms with van der Waals surface area (Å²) in [6.45, 7) is 2.70. The summed E-state index contributed by atoms with van der Waals surface area (Å²) >= 11 is 7.04. The Morgan fingerprint density at radius 3 is 2.42 bits per heavy atom. The van der Waals surface area contributed by atoms with Gasteiger partial charge in [0, 0.05) is 22.0 Å². The van der Waals surface area contributed by atoms with Crippen LogP contribution in [0, 0.1) is 0 Å². The summed E-state index contributed by atoms with van der Waals surface area (Å²) in [7, 11) is 0. The van der Waals surface area contributed by atoms with E-state index in [0.29, 0.717) is 6.61 Å². The molecule has 74 valence electrons. The quantitative estimate of drug-likeness (QED) is 0.383. The minimum absolute atomic E-state index is 0.521. The van der Waals surface area contributed by atoms with E-state index in [9.17, 15) is 4.57 Å². The molecule has 0 aliphatic carbocycles. The first-order valence-electron chi connectivity index (χ1n) is 4.20. The van der Waals surface area contributed by atoms with Gasteiger partial charge in [0.2, 0.25) is 0 Å². The van der Waals surface area contributed by atoms with Gasteiger partial charge in [0.05, 0.1) is 6.61 Å². The van der Waals surface area contributed by atoms with E-state index < -0.39 is 4.36 Å². The molecule has 0 saturated heterocycles. The largest absolute Gasteiger partial charge is 0.347 e. The van der Waals surface area contributed by atoms with Crippen LogP contribution in [0.25, 0.3) is 0 Å². The van der Waals surface area contributed by atoms with Crippen molar-refractivity contribution in [2.75, 3.05) is 6.61 Å². The highest BCUT2D eigenvalue weighted by Crippen LogP contribution is 2.60. The van der Waals surface area contributed by atoms with E-state index in [2.05, 4.69) is 6.92 Å². The van der Waals surface area contributed by atoms with Crippen LogP contribution < -0.4 is 0 Å². The zero-order valence-corrected chi connectivity index (χ0v) is 11.1. The van der Waals surface area contributed by atoms with Crippen LogP contribution in [0.5, 0.6) is 0 Å². The van der Waals surface area contributed by atoms with Crippen molar-refractivity contribution < 1.29 is 9.09 Å². The number of hydrogen-bond donors (Lipinski definition) is 0. The van der Waals surface area contributed by atoms with Crippen molar-refractivity contribution in [3.63, 3.8) is 0 Å². The summed E-state index contributed by atoms with van der Waals surface area (Å²) in [6, 6.07) is 0. The highest BCUT2D eigenvalue weighted by atomic mass is 127. The van der Waals surface area contributed by atoms with Crippen molar-refractivity contribution in [1.29, 1.82) is 0 Å². The third-order valence-electron chi connectivity index (χ3n) is 1.49. The summed E-state index contributed by atoms with van der Waals surface area (Å²) in [6.07, 6.45) is 5.83. The molecular formula is C7H15ClIO2P. The normalized spacial score (nSPS) is 15.9. The van der Waals surface area contributed by atoms with E-state index in [1.54, 1.807) is 22.0 Å². The molecule has 1 unspecified atom stereocenters. The molecule has 0 N–H and O–H groups in total. The molecule has 0 aliphatic heterocycles. The van der Waals surface area contributed by atoms with E-state index in [1.807, 2.05) is 0 Å². The molecule has 0 fully saturated rings. The van der Waals surface area contributed by atoms with Crippen molar-refractivity contribution in [3.8, 4) is 0 Å². The summed E-state index contributed by atoms with van der Waals surface area (Å²) in [5.74, 6) is 0. The van der Waals surface area contributed by atoms with Crippen molar-refractivity contribution in [2.45, 2.75) is 39.0 Å². The monoisotopic (exact) mass is 324 g/mol. The second kappa shape index (κ2) is 7.60. The molecule has 5 heteroatoms. The van der Waals surface area contributed by atoms with Crippen LogP contribution in [0.2, 0.25) is 0 Å². The van der Waals surface area contributed by atoms with Gasteiger partial charge in [-0.2, -0.15) is 0 Å². The van der Waals surface area contributed by atoms with E-state index in [4.69, 9.17) is 15.8 Å². The van der Waals surface area contributed by atoms with Gasteiger partial charge < -0.3 is 4.52 Å². The molecule has 0 aromatic carbocycles. The van der Waals surface area contributed by atoms with Gasteiger partial charge in [-0.05, 0) is 17.7 Å². The molecule has 2 nitrogen and oxygen atoms in total. The number of halogens is 2. The van der Waals surface area contributed by atoms with Crippen LogP contribution in [0.3, 0.4) is 0 Å². The third-order valence-corrected chi connectivity index (χ3v) is 3.10. The lowest BCUT2D eigenvalue weighted by atomic mass is 10.2. The fourth-order valence-corrected chi connectivity index (χ4v) is 2.02. The van der Waals surface area contributed by atoms with Crippen molar-refractivity contribution in [1.82, 2.24) is 0 Å². The predicted octanol–water partition coefficient (Wildman–Crippen LogP) is 4.76. The van der Waals surface area contributed by atoms with Crippen LogP contribution in [0.1, 0.15) is 39.0 Å². The molecule has 0 rings (SSSR count). The van der Waals surface area contributed by atoms with Crippen LogP contribution in [-0.4, -0.2) is 6.61 Å². The average molecular weight is 325 g/mol. The maximum Gasteiger partial charge on any atom is 0.347 e. The average Bonchev–Trinajstić information content (AvgIpc) is 1.94. The summed E-state index contributed by atoms with van der Waals surface area (Å²) in [5.41, 5.74) is 0. The molecule has 0 aromatic heterocycles. The summed E-state index contributed by atoms with van der Waals surface area (Å²) in [4.78, 5) is 0. The highest BCUT2D eigenvalue weighted by molar-refractivity contribution is 14.2. The zero-order chi connectivity index (χ0) is 9.45. The van der Waals surface area contributed by atoms with Crippen molar-refractivity contribution >= 4 is 37.6 Å². The van der Waals surface area contributed by atoms with Gasteiger partial charge >= 0.3 is 4.36 Å². The molecule has 0 saturated carbocycles. The molecule has 0 aromatic rings. The minimum Gasteiger partial charge on any atom is -0.310 e. The van der Waals surface area contributed by atoms with Gasteiger partial charge in [0.15, 0.2) is 0 Å². The summed E-state index contributed by atoms with van der Waals surface area (Å²) < 4.78 is 13.0. The molecule has 0 aliphatic rings. The predicted molar refractivity (Wildman–Crippen MR) is 62.2 cm³/mol. The first-order valence-corrected chi connectivity index (χ1v) is 9.51. The fraction of sp³-hybridized carbons (Fsp3) is 1.00. The summed E-state index contributed by atoms with van der Waals surface area (Å²) in [5, 5.41) is 0. The van der Waals surface area contributed by atoms with Gasteiger partial charge in [0.1, 0.15) is 0 Å². The molecule has 0 spiro atoms. The van der Waals surface area contributed by atoms with Gasteiger partial charge in [-0.3, -0.25) is 4.57 Å². The van der Waals surface area contributed by atoms with E-state index in [1.165, 1.54) is 19.3 Å². The molecule has 0 radical (unpaired) electrons. The first-order chi connectivity index (χ1) is 5.56. The second-order valence-corrected chi connectivity index (χ2v) is 10.6. The minimum atomic E-state index is -2.78. The Balaban J connectivity index is 3.06. The molecular weight excluding hydrogens is 309 g/mol. The number of rotatable bonds is 7. The Morgan fingerprint density at radius 1 is 1.33 bits per heavy atom. The lowest BCUT2D eigenvalue weighted by molar-refractivity contribution is 0.323. The van der Waals surface area contributed by atoms with Crippen LogP contribution in [0.4, 0.5) is 0 Å². The lowest BCUT2D eigenvalue weighted by Crippen LogP contribution is -1.87. The Hall–Kier alpha value is 1.21. The standard InChI is InChI=1S/C7H15ClIO2P/c1-2-3-4-5-6-7-11-12(8,9)10/h2-7H2,1H3. The Morgan fingerprint density at radius 2 is 1.92 bits per heavy atom. The first kappa shape index (κ1) is 13.2. The van der Waals surface area contributed by atoms with E-state index in [0.717, 1.165) is 12.8 Å². The number of unbranched alkanes of at least 4 members (excludes halogenated alkanes) is 4. The van der Waals surface area contributed by atoms with Crippen LogP contribution >= 0.6 is 37.6 Å². The molecule has 0 heterocycles. The maximum atomic E-state index is 10.8. The Kier molecular flexibility index (Phi) is 8.36. The molecule has 0 amide bonds. The van der Waals surface area contributed by atoms with E-state index in [-0.39, 0.29) is 0 Å². The Bertz CT molecular complexity index is 148. The van der Waals surface area contributed by atoms with Gasteiger partial charge in [-0.1, -0.05) is 32.6 Å². The van der Waals surface area contributed by atoms with Crippen molar-refractivity contribution in [3.05, 3.63) is 0 Å². The molecule has 0 bridgehead atoms. The van der Waals surface area contributed by atoms with Crippen molar-refractivity contribution in [2.24, 2.45) is 0 Å². The fourth-order valence-electron chi connectivity index (χ4n) is 0.876.